The minimum Gasteiger partial charge on any atom is -0.152 e. The van der Waals surface area contributed by atoms with E-state index in [4.69, 9.17) is 0 Å². The van der Waals surface area contributed by atoms with Crippen molar-refractivity contribution in [3.63, 3.8) is 0 Å². The van der Waals surface area contributed by atoms with E-state index >= 15 is 0 Å². The Morgan fingerprint density at radius 1 is 0.354 bits per heavy atom. The van der Waals surface area contributed by atoms with Crippen molar-refractivity contribution in [3.05, 3.63) is 115 Å². The van der Waals surface area contributed by atoms with E-state index in [1.807, 2.05) is 0 Å². The molecule has 4 aromatic carbocycles. The summed E-state index contributed by atoms with van der Waals surface area (Å²) in [7, 11) is 0. The Labute approximate surface area is 300 Å². The highest BCUT2D eigenvalue weighted by Crippen LogP contribution is 2.48. The largest absolute Gasteiger partial charge is 0.152 e. The minimum atomic E-state index is 0.0867. The Morgan fingerprint density at radius 3 is 1.12 bits per heavy atom. The van der Waals surface area contributed by atoms with E-state index in [1.54, 1.807) is 5.56 Å². The van der Waals surface area contributed by atoms with Gasteiger partial charge in [-0.25, -0.2) is 0 Å². The molecule has 252 valence electrons. The summed E-state index contributed by atoms with van der Waals surface area (Å²) in [6.07, 6.45) is 2.10. The lowest BCUT2D eigenvalue weighted by Gasteiger charge is -2.26. The second-order valence-corrected chi connectivity index (χ2v) is 21.0. The van der Waals surface area contributed by atoms with Crippen LogP contribution in [0.2, 0.25) is 0 Å². The van der Waals surface area contributed by atoms with E-state index in [9.17, 15) is 0 Å². The van der Waals surface area contributed by atoms with Crippen molar-refractivity contribution in [2.75, 3.05) is 0 Å². The van der Waals surface area contributed by atoms with Crippen LogP contribution < -0.4 is 0 Å². The van der Waals surface area contributed by atoms with Crippen LogP contribution in [0.1, 0.15) is 150 Å². The zero-order valence-electron chi connectivity index (χ0n) is 31.7. The van der Waals surface area contributed by atoms with Gasteiger partial charge in [0.1, 0.15) is 0 Å². The topological polar surface area (TPSA) is 0 Å². The number of hydrogen-bond donors (Lipinski definition) is 0. The van der Waals surface area contributed by atoms with Crippen LogP contribution in [0, 0.1) is 0 Å². The molecule has 1 heterocycles. The van der Waals surface area contributed by atoms with Crippen LogP contribution in [0.3, 0.4) is 0 Å². The first-order valence-electron chi connectivity index (χ1n) is 18.1. The number of hydrogen-bond acceptors (Lipinski definition) is 2. The fourth-order valence-electron chi connectivity index (χ4n) is 8.41. The molecule has 2 heteroatoms. The predicted octanol–water partition coefficient (Wildman–Crippen LogP) is 13.2. The molecule has 0 N–H and O–H groups in total. The highest BCUT2D eigenvalue weighted by molar-refractivity contribution is 7.98. The molecule has 0 saturated carbocycles. The molecule has 2 aliphatic carbocycles. The molecule has 0 aromatic heterocycles. The summed E-state index contributed by atoms with van der Waals surface area (Å²) in [5.41, 5.74) is 24.5. The summed E-state index contributed by atoms with van der Waals surface area (Å²) in [5.74, 6) is 4.19. The standard InChI is InChI=1S/C46H56S2/c1-43(2,3)34-17-30-23-47-24-31-14-27-13-28-15-32(41(45(7,8)9)21-37(28)36(27)20-40(31)44(4,5)6)25-48-26-33-16-29-18-35(30)39(19-34)38(29)22-42(33)46(10,11)12/h14-17,19-22H,13,18,23-26H2,1-12H3. The first-order chi connectivity index (χ1) is 22.3. The molecular formula is C46H56S2. The fraction of sp³-hybridized carbons (Fsp3) is 0.478. The van der Waals surface area contributed by atoms with E-state index in [-0.39, 0.29) is 21.7 Å². The molecule has 48 heavy (non-hydrogen) atoms. The smallest absolute Gasteiger partial charge is 0.0191 e. The molecule has 0 radical (unpaired) electrons. The fourth-order valence-corrected chi connectivity index (χ4v) is 10.5. The molecule has 0 amide bonds. The third-order valence-corrected chi connectivity index (χ3v) is 13.0. The van der Waals surface area contributed by atoms with Gasteiger partial charge in [-0.1, -0.05) is 132 Å². The summed E-state index contributed by atoms with van der Waals surface area (Å²) in [4.78, 5) is 0. The Bertz CT molecular complexity index is 1940. The van der Waals surface area contributed by atoms with E-state index in [0.717, 1.165) is 35.9 Å². The van der Waals surface area contributed by atoms with Crippen molar-refractivity contribution in [1.29, 1.82) is 0 Å². The molecule has 0 atom stereocenters. The number of rotatable bonds is 0. The second kappa shape index (κ2) is 11.6. The highest BCUT2D eigenvalue weighted by atomic mass is 32.2. The molecule has 0 nitrogen and oxygen atoms in total. The maximum atomic E-state index is 2.60. The minimum absolute atomic E-state index is 0.0867. The molecule has 1 aliphatic heterocycles. The Balaban J connectivity index is 1.42. The van der Waals surface area contributed by atoms with Crippen molar-refractivity contribution in [2.45, 2.75) is 141 Å². The normalized spacial score (nSPS) is 16.1. The number of thioether (sulfide) groups is 2. The van der Waals surface area contributed by atoms with Crippen LogP contribution in [0.5, 0.6) is 0 Å². The lowest BCUT2D eigenvalue weighted by Crippen LogP contribution is -2.15. The lowest BCUT2D eigenvalue weighted by atomic mass is 9.80. The molecular weight excluding hydrogens is 617 g/mol. The Kier molecular flexibility index (Phi) is 8.20. The Morgan fingerprint density at radius 2 is 0.729 bits per heavy atom. The van der Waals surface area contributed by atoms with Crippen LogP contribution in [0.4, 0.5) is 0 Å². The van der Waals surface area contributed by atoms with Crippen molar-refractivity contribution < 1.29 is 0 Å². The summed E-state index contributed by atoms with van der Waals surface area (Å²) in [5, 5.41) is 0. The molecule has 3 aliphatic rings. The maximum absolute atomic E-state index is 2.60. The molecule has 7 bridgehead atoms. The van der Waals surface area contributed by atoms with Crippen molar-refractivity contribution in [1.82, 2.24) is 0 Å². The van der Waals surface area contributed by atoms with E-state index in [2.05, 4.69) is 155 Å². The summed E-state index contributed by atoms with van der Waals surface area (Å²) in [6.45, 7) is 28.7. The molecule has 0 spiro atoms. The van der Waals surface area contributed by atoms with Gasteiger partial charge in [-0.2, -0.15) is 23.5 Å². The average molecular weight is 673 g/mol. The molecule has 0 unspecified atom stereocenters. The van der Waals surface area contributed by atoms with Gasteiger partial charge in [0.15, 0.2) is 0 Å². The van der Waals surface area contributed by atoms with Crippen LogP contribution in [-0.4, -0.2) is 0 Å². The van der Waals surface area contributed by atoms with Gasteiger partial charge in [0.2, 0.25) is 0 Å². The summed E-state index contributed by atoms with van der Waals surface area (Å²) < 4.78 is 0. The first kappa shape index (κ1) is 34.0. The first-order valence-corrected chi connectivity index (χ1v) is 20.4. The van der Waals surface area contributed by atoms with Gasteiger partial charge in [0.25, 0.3) is 0 Å². The third-order valence-electron chi connectivity index (χ3n) is 11.0. The third kappa shape index (κ3) is 6.12. The van der Waals surface area contributed by atoms with Gasteiger partial charge in [0.05, 0.1) is 0 Å². The van der Waals surface area contributed by atoms with E-state index in [1.165, 1.54) is 83.5 Å². The van der Waals surface area contributed by atoms with Crippen LogP contribution in [0.25, 0.3) is 22.3 Å². The number of fused-ring (bicyclic) bond motifs is 5. The quantitative estimate of drug-likeness (QED) is 0.157. The van der Waals surface area contributed by atoms with Gasteiger partial charge in [-0.3, -0.25) is 0 Å². The monoisotopic (exact) mass is 672 g/mol. The number of benzene rings is 4. The highest BCUT2D eigenvalue weighted by Gasteiger charge is 2.31. The van der Waals surface area contributed by atoms with Crippen molar-refractivity contribution in [2.24, 2.45) is 0 Å². The summed E-state index contributed by atoms with van der Waals surface area (Å²) >= 11 is 4.22. The lowest BCUT2D eigenvalue weighted by molar-refractivity contribution is 0.584. The van der Waals surface area contributed by atoms with Crippen molar-refractivity contribution in [3.8, 4) is 22.3 Å². The molecule has 0 fully saturated rings. The second-order valence-electron chi connectivity index (χ2n) is 19.0. The van der Waals surface area contributed by atoms with E-state index in [0.29, 0.717) is 0 Å². The van der Waals surface area contributed by atoms with Gasteiger partial charge in [-0.15, -0.1) is 0 Å². The maximum Gasteiger partial charge on any atom is 0.0191 e. The zero-order valence-corrected chi connectivity index (χ0v) is 33.3. The Hall–Kier alpha value is -2.42. The van der Waals surface area contributed by atoms with Gasteiger partial charge in [0, 0.05) is 23.0 Å². The average Bonchev–Trinajstić information content (AvgIpc) is 3.50. The van der Waals surface area contributed by atoms with Crippen molar-refractivity contribution >= 4 is 23.5 Å². The summed E-state index contributed by atoms with van der Waals surface area (Å²) in [6, 6.07) is 20.6. The van der Waals surface area contributed by atoms with Gasteiger partial charge >= 0.3 is 0 Å². The zero-order chi connectivity index (χ0) is 34.6. The van der Waals surface area contributed by atoms with E-state index < -0.39 is 0 Å². The van der Waals surface area contributed by atoms with Crippen LogP contribution in [-0.2, 0) is 57.5 Å². The SMILES string of the molecule is CC(C)(C)c1cc2c3c(c1)-c1cc(C(C)(C)C)c(cc1C3)CSCc1cc3c(cc1C(C)(C)C)-c1cc(C(C)(C)C)c(cc1C3)CSC2. The molecule has 4 aromatic rings. The predicted molar refractivity (Wildman–Crippen MR) is 214 cm³/mol. The van der Waals surface area contributed by atoms with Crippen LogP contribution >= 0.6 is 23.5 Å². The van der Waals surface area contributed by atoms with Crippen LogP contribution in [0.15, 0.2) is 48.5 Å². The van der Waals surface area contributed by atoms with Gasteiger partial charge < -0.3 is 0 Å². The van der Waals surface area contributed by atoms with Gasteiger partial charge in [-0.05, 0) is 124 Å². The molecule has 0 saturated heterocycles. The molecule has 7 rings (SSSR count).